The Labute approximate surface area is 114 Å². The molecule has 0 radical (unpaired) electrons. The molecule has 1 aromatic rings. The summed E-state index contributed by atoms with van der Waals surface area (Å²) in [7, 11) is 2.13. The minimum Gasteiger partial charge on any atom is -0.487 e. The molecule has 3 nitrogen and oxygen atoms in total. The van der Waals surface area contributed by atoms with E-state index in [-0.39, 0.29) is 11.9 Å². The lowest BCUT2D eigenvalue weighted by Gasteiger charge is -2.32. The predicted molar refractivity (Wildman–Crippen MR) is 74.6 cm³/mol. The van der Waals surface area contributed by atoms with Crippen LogP contribution in [0.15, 0.2) is 18.2 Å². The molecule has 1 aliphatic rings. The van der Waals surface area contributed by atoms with Crippen molar-refractivity contribution in [2.24, 2.45) is 11.7 Å². The van der Waals surface area contributed by atoms with Crippen LogP contribution < -0.4 is 10.5 Å². The summed E-state index contributed by atoms with van der Waals surface area (Å²) in [5.74, 6) is 0.524. The molecule has 0 bridgehead atoms. The third kappa shape index (κ3) is 3.67. The van der Waals surface area contributed by atoms with Gasteiger partial charge >= 0.3 is 0 Å². The molecule has 1 aliphatic heterocycles. The van der Waals surface area contributed by atoms with E-state index in [4.69, 9.17) is 10.5 Å². The van der Waals surface area contributed by atoms with Crippen LogP contribution in [-0.4, -0.2) is 31.1 Å². The van der Waals surface area contributed by atoms with Crippen molar-refractivity contribution >= 4 is 0 Å². The smallest absolute Gasteiger partial charge is 0.165 e. The fourth-order valence-corrected chi connectivity index (χ4v) is 2.56. The molecule has 0 saturated carbocycles. The van der Waals surface area contributed by atoms with Gasteiger partial charge < -0.3 is 15.4 Å². The summed E-state index contributed by atoms with van der Waals surface area (Å²) in [6.07, 6.45) is 2.27. The third-order valence-electron chi connectivity index (χ3n) is 3.97. The van der Waals surface area contributed by atoms with Crippen LogP contribution in [0, 0.1) is 11.7 Å². The molecule has 1 atom stereocenters. The molecule has 4 heteroatoms. The van der Waals surface area contributed by atoms with Crippen molar-refractivity contribution in [3.63, 3.8) is 0 Å². The van der Waals surface area contributed by atoms with E-state index in [9.17, 15) is 4.39 Å². The Morgan fingerprint density at radius 1 is 1.42 bits per heavy atom. The first kappa shape index (κ1) is 14.3. The van der Waals surface area contributed by atoms with Crippen molar-refractivity contribution in [1.29, 1.82) is 0 Å². The van der Waals surface area contributed by atoms with E-state index in [1.807, 2.05) is 13.0 Å². The molecular weight excluding hydrogens is 243 g/mol. The van der Waals surface area contributed by atoms with Crippen LogP contribution in [0.3, 0.4) is 0 Å². The number of hydrogen-bond acceptors (Lipinski definition) is 3. The first-order chi connectivity index (χ1) is 9.10. The molecule has 1 heterocycles. The lowest BCUT2D eigenvalue weighted by Crippen LogP contribution is -2.36. The van der Waals surface area contributed by atoms with E-state index in [0.29, 0.717) is 18.2 Å². The van der Waals surface area contributed by atoms with Crippen molar-refractivity contribution in [1.82, 2.24) is 4.90 Å². The molecule has 1 aromatic carbocycles. The zero-order valence-corrected chi connectivity index (χ0v) is 11.7. The van der Waals surface area contributed by atoms with Crippen molar-refractivity contribution in [3.8, 4) is 5.75 Å². The van der Waals surface area contributed by atoms with Crippen molar-refractivity contribution in [2.75, 3.05) is 20.1 Å². The molecule has 2 N–H and O–H groups in total. The fourth-order valence-electron chi connectivity index (χ4n) is 2.56. The van der Waals surface area contributed by atoms with E-state index in [2.05, 4.69) is 11.9 Å². The second-order valence-electron chi connectivity index (χ2n) is 5.43. The van der Waals surface area contributed by atoms with Gasteiger partial charge in [0.1, 0.15) is 0 Å². The monoisotopic (exact) mass is 266 g/mol. The van der Waals surface area contributed by atoms with Crippen LogP contribution in [0.1, 0.15) is 25.3 Å². The van der Waals surface area contributed by atoms with Gasteiger partial charge in [-0.2, -0.15) is 0 Å². The largest absolute Gasteiger partial charge is 0.487 e. The van der Waals surface area contributed by atoms with Gasteiger partial charge in [0.05, 0.1) is 6.10 Å². The SMILES string of the molecule is CC(Oc1ccc(CN)cc1F)C1CCN(C)CC1. The Morgan fingerprint density at radius 2 is 2.11 bits per heavy atom. The number of piperidine rings is 1. The second-order valence-corrected chi connectivity index (χ2v) is 5.43. The van der Waals surface area contributed by atoms with Crippen molar-refractivity contribution in [2.45, 2.75) is 32.4 Å². The summed E-state index contributed by atoms with van der Waals surface area (Å²) in [5, 5.41) is 0. The lowest BCUT2D eigenvalue weighted by atomic mass is 9.92. The van der Waals surface area contributed by atoms with E-state index in [0.717, 1.165) is 31.5 Å². The highest BCUT2D eigenvalue weighted by atomic mass is 19.1. The minimum atomic E-state index is -0.317. The van der Waals surface area contributed by atoms with Gasteiger partial charge in [0, 0.05) is 6.54 Å². The number of likely N-dealkylation sites (tertiary alicyclic amines) is 1. The van der Waals surface area contributed by atoms with Crippen molar-refractivity contribution < 1.29 is 9.13 Å². The first-order valence-electron chi connectivity index (χ1n) is 6.94. The quantitative estimate of drug-likeness (QED) is 0.909. The molecule has 106 valence electrons. The van der Waals surface area contributed by atoms with Crippen LogP contribution in [-0.2, 0) is 6.54 Å². The normalized spacial score (nSPS) is 19.4. The third-order valence-corrected chi connectivity index (χ3v) is 3.97. The molecule has 0 aromatic heterocycles. The fraction of sp³-hybridized carbons (Fsp3) is 0.600. The van der Waals surface area contributed by atoms with Crippen LogP contribution in [0.2, 0.25) is 0 Å². The summed E-state index contributed by atoms with van der Waals surface area (Å²) in [4.78, 5) is 2.32. The number of hydrogen-bond donors (Lipinski definition) is 1. The van der Waals surface area contributed by atoms with Gasteiger partial charge in [-0.1, -0.05) is 6.07 Å². The van der Waals surface area contributed by atoms with Crippen LogP contribution in [0.25, 0.3) is 0 Å². The topological polar surface area (TPSA) is 38.5 Å². The molecule has 0 aliphatic carbocycles. The second kappa shape index (κ2) is 6.35. The van der Waals surface area contributed by atoms with Crippen molar-refractivity contribution in [3.05, 3.63) is 29.6 Å². The molecule has 2 rings (SSSR count). The molecule has 19 heavy (non-hydrogen) atoms. The molecule has 0 spiro atoms. The van der Waals surface area contributed by atoms with E-state index >= 15 is 0 Å². The standard InChI is InChI=1S/C15H23FN2O/c1-11(13-5-7-18(2)8-6-13)19-15-4-3-12(10-17)9-14(15)16/h3-4,9,11,13H,5-8,10,17H2,1-2H3. The highest BCUT2D eigenvalue weighted by molar-refractivity contribution is 5.29. The Hall–Kier alpha value is -1.13. The summed E-state index contributed by atoms with van der Waals surface area (Å²) in [6, 6.07) is 4.96. The van der Waals surface area contributed by atoms with Gasteiger partial charge in [-0.3, -0.25) is 0 Å². The van der Waals surface area contributed by atoms with Gasteiger partial charge in [0.15, 0.2) is 11.6 Å². The van der Waals surface area contributed by atoms with Crippen LogP contribution in [0.4, 0.5) is 4.39 Å². The number of nitrogens with two attached hydrogens (primary N) is 1. The van der Waals surface area contributed by atoms with Gasteiger partial charge in [-0.05, 0) is 63.5 Å². The molecule has 0 amide bonds. The Kier molecular flexibility index (Phi) is 4.77. The van der Waals surface area contributed by atoms with E-state index in [1.54, 1.807) is 6.07 Å². The summed E-state index contributed by atoms with van der Waals surface area (Å²) < 4.78 is 19.6. The van der Waals surface area contributed by atoms with Gasteiger partial charge in [-0.15, -0.1) is 0 Å². The van der Waals surface area contributed by atoms with E-state index < -0.39 is 0 Å². The number of benzene rings is 1. The average molecular weight is 266 g/mol. The minimum absolute atomic E-state index is 0.0481. The van der Waals surface area contributed by atoms with Crippen LogP contribution in [0.5, 0.6) is 5.75 Å². The predicted octanol–water partition coefficient (Wildman–Crippen LogP) is 2.39. The zero-order chi connectivity index (χ0) is 13.8. The number of ether oxygens (including phenoxy) is 1. The molecular formula is C15H23FN2O. The molecule has 1 unspecified atom stereocenters. The zero-order valence-electron chi connectivity index (χ0n) is 11.7. The van der Waals surface area contributed by atoms with Gasteiger partial charge in [-0.25, -0.2) is 4.39 Å². The maximum atomic E-state index is 13.8. The van der Waals surface area contributed by atoms with Gasteiger partial charge in [0.25, 0.3) is 0 Å². The lowest BCUT2D eigenvalue weighted by molar-refractivity contribution is 0.0944. The van der Waals surface area contributed by atoms with Gasteiger partial charge in [0.2, 0.25) is 0 Å². The Morgan fingerprint density at radius 3 is 2.68 bits per heavy atom. The average Bonchev–Trinajstić information content (AvgIpc) is 2.41. The maximum absolute atomic E-state index is 13.8. The maximum Gasteiger partial charge on any atom is 0.165 e. The Bertz CT molecular complexity index is 417. The summed E-state index contributed by atoms with van der Waals surface area (Å²) in [5.41, 5.74) is 6.28. The molecule has 1 saturated heterocycles. The van der Waals surface area contributed by atoms with Crippen LogP contribution >= 0.6 is 0 Å². The van der Waals surface area contributed by atoms with E-state index in [1.165, 1.54) is 6.07 Å². The number of nitrogens with zero attached hydrogens (tertiary/aromatic N) is 1. The number of halogens is 1. The number of rotatable bonds is 4. The highest BCUT2D eigenvalue weighted by Gasteiger charge is 2.24. The Balaban J connectivity index is 1.96. The summed E-state index contributed by atoms with van der Waals surface area (Å²) in [6.45, 7) is 4.56. The summed E-state index contributed by atoms with van der Waals surface area (Å²) >= 11 is 0. The highest BCUT2D eigenvalue weighted by Crippen LogP contribution is 2.26. The molecule has 1 fully saturated rings. The first-order valence-corrected chi connectivity index (χ1v) is 6.94.